The number of fused-ring (bicyclic) bond motifs is 1. The van der Waals surface area contributed by atoms with E-state index in [1.807, 2.05) is 60.8 Å². The number of carbonyl (C=O) groups is 3. The minimum Gasteiger partial charge on any atom is -0.438 e. The summed E-state index contributed by atoms with van der Waals surface area (Å²) in [6.45, 7) is 3.89. The van der Waals surface area contributed by atoms with Crippen LogP contribution < -0.4 is 16.8 Å². The first kappa shape index (κ1) is 28.0. The van der Waals surface area contributed by atoms with Crippen LogP contribution in [0.1, 0.15) is 37.8 Å². The Bertz CT molecular complexity index is 1250. The number of carbonyl (C=O) groups excluding carboxylic acids is 3. The van der Waals surface area contributed by atoms with E-state index in [2.05, 4.69) is 10.3 Å². The third kappa shape index (κ3) is 6.23. The number of para-hydroxylation sites is 1. The van der Waals surface area contributed by atoms with Crippen molar-refractivity contribution in [2.75, 3.05) is 13.1 Å². The molecule has 3 aromatic rings. The number of likely N-dealkylation sites (tertiary alicyclic amines) is 1. The van der Waals surface area contributed by atoms with Crippen LogP contribution in [0.15, 0.2) is 60.8 Å². The molecule has 37 heavy (non-hydrogen) atoms. The van der Waals surface area contributed by atoms with Gasteiger partial charge in [0, 0.05) is 49.5 Å². The number of primary amides is 1. The first-order valence-corrected chi connectivity index (χ1v) is 12.1. The van der Waals surface area contributed by atoms with Gasteiger partial charge in [0.25, 0.3) is 0 Å². The highest BCUT2D eigenvalue weighted by Crippen LogP contribution is 2.37. The number of hydrogen-bond donors (Lipinski definition) is 4. The number of nitrogens with one attached hydrogen (secondary N) is 2. The molecule has 4 rings (SSSR count). The summed E-state index contributed by atoms with van der Waals surface area (Å²) in [5.74, 6) is -0.619. The summed E-state index contributed by atoms with van der Waals surface area (Å²) < 4.78 is 5.61. The van der Waals surface area contributed by atoms with E-state index in [0.717, 1.165) is 22.0 Å². The summed E-state index contributed by atoms with van der Waals surface area (Å²) in [5, 5.41) is 3.86. The molecule has 198 valence electrons. The number of halogens is 1. The van der Waals surface area contributed by atoms with Gasteiger partial charge in [-0.15, -0.1) is 12.4 Å². The smallest absolute Gasteiger partial charge is 0.405 e. The topological polar surface area (TPSA) is 144 Å². The average Bonchev–Trinajstić information content (AvgIpc) is 3.26. The van der Waals surface area contributed by atoms with E-state index in [4.69, 9.17) is 16.2 Å². The van der Waals surface area contributed by atoms with Crippen LogP contribution in [-0.4, -0.2) is 52.5 Å². The Kier molecular flexibility index (Phi) is 8.50. The van der Waals surface area contributed by atoms with Gasteiger partial charge in [0.2, 0.25) is 11.8 Å². The normalized spacial score (nSPS) is 15.9. The lowest BCUT2D eigenvalue weighted by Crippen LogP contribution is -2.58. The zero-order valence-corrected chi connectivity index (χ0v) is 21.8. The molecule has 6 N–H and O–H groups in total. The number of H-pyrrole nitrogens is 1. The lowest BCUT2D eigenvalue weighted by atomic mass is 9.84. The van der Waals surface area contributed by atoms with Crippen LogP contribution in [0.2, 0.25) is 0 Å². The van der Waals surface area contributed by atoms with Gasteiger partial charge in [-0.3, -0.25) is 9.59 Å². The molecule has 2 aromatic carbocycles. The highest BCUT2D eigenvalue weighted by molar-refractivity contribution is 5.92. The number of amides is 3. The number of nitrogens with two attached hydrogens (primary N) is 2. The van der Waals surface area contributed by atoms with Gasteiger partial charge in [-0.05, 0) is 31.0 Å². The second-order valence-corrected chi connectivity index (χ2v) is 9.92. The van der Waals surface area contributed by atoms with Gasteiger partial charge in [0.1, 0.15) is 11.6 Å². The fourth-order valence-electron chi connectivity index (χ4n) is 4.76. The third-order valence-electron chi connectivity index (χ3n) is 6.77. The van der Waals surface area contributed by atoms with Crippen LogP contribution in [-0.2, 0) is 26.3 Å². The van der Waals surface area contributed by atoms with Crippen LogP contribution in [0, 0.1) is 0 Å². The zero-order valence-electron chi connectivity index (χ0n) is 21.0. The summed E-state index contributed by atoms with van der Waals surface area (Å²) in [7, 11) is 0. The van der Waals surface area contributed by atoms with Gasteiger partial charge in [-0.2, -0.15) is 0 Å². The molecule has 1 saturated heterocycles. The van der Waals surface area contributed by atoms with E-state index >= 15 is 0 Å². The Morgan fingerprint density at radius 2 is 1.70 bits per heavy atom. The SMILES string of the molecule is CC(C)(N)C(=O)N[C@H](Cc1c[nH]c2ccccc12)C(=O)N1CCC(OC(N)=O)(c2ccccc2)CC1.Cl. The minimum absolute atomic E-state index is 0. The summed E-state index contributed by atoms with van der Waals surface area (Å²) in [5.41, 5.74) is 12.1. The largest absolute Gasteiger partial charge is 0.438 e. The van der Waals surface area contributed by atoms with E-state index in [0.29, 0.717) is 32.4 Å². The number of hydrogen-bond acceptors (Lipinski definition) is 5. The van der Waals surface area contributed by atoms with Crippen molar-refractivity contribution in [3.05, 3.63) is 71.9 Å². The predicted octanol–water partition coefficient (Wildman–Crippen LogP) is 2.97. The van der Waals surface area contributed by atoms with Gasteiger partial charge in [-0.25, -0.2) is 4.79 Å². The van der Waals surface area contributed by atoms with Crippen LogP contribution in [0.5, 0.6) is 0 Å². The van der Waals surface area contributed by atoms with Crippen molar-refractivity contribution in [2.45, 2.75) is 50.3 Å². The van der Waals surface area contributed by atoms with Crippen molar-refractivity contribution in [3.8, 4) is 0 Å². The van der Waals surface area contributed by atoms with Gasteiger partial charge >= 0.3 is 6.09 Å². The van der Waals surface area contributed by atoms with E-state index in [-0.39, 0.29) is 18.3 Å². The molecule has 10 heteroatoms. The first-order valence-electron chi connectivity index (χ1n) is 12.1. The van der Waals surface area contributed by atoms with E-state index < -0.39 is 29.2 Å². The van der Waals surface area contributed by atoms with Crippen LogP contribution in [0.4, 0.5) is 4.79 Å². The Hall–Kier alpha value is -3.56. The molecular formula is C27H34ClN5O4. The standard InChI is InChI=1S/C27H33N5O4.ClH/c1-26(2,29)24(34)31-22(16-18-17-30-21-11-7-6-10-20(18)21)23(33)32-14-12-27(13-15-32,36-25(28)35)19-8-4-3-5-9-19;/h3-11,17,22,30H,12-16,29H2,1-2H3,(H2,28,35)(H,31,34);1H/t22-;/m1./s1. The Morgan fingerprint density at radius 1 is 1.08 bits per heavy atom. The minimum atomic E-state index is -1.14. The molecule has 0 radical (unpaired) electrons. The molecule has 0 aliphatic carbocycles. The Morgan fingerprint density at radius 3 is 2.32 bits per heavy atom. The van der Waals surface area contributed by atoms with Crippen molar-refractivity contribution in [1.82, 2.24) is 15.2 Å². The second kappa shape index (κ2) is 11.2. The zero-order chi connectivity index (χ0) is 25.9. The molecule has 1 atom stereocenters. The number of aromatic nitrogens is 1. The van der Waals surface area contributed by atoms with Crippen molar-refractivity contribution in [2.24, 2.45) is 11.5 Å². The Balaban J connectivity index is 0.00000380. The number of nitrogens with zero attached hydrogens (tertiary/aromatic N) is 1. The fraction of sp³-hybridized carbons (Fsp3) is 0.370. The summed E-state index contributed by atoms with van der Waals surface area (Å²) in [6.07, 6.45) is 2.10. The molecule has 0 bridgehead atoms. The Labute approximate surface area is 222 Å². The lowest BCUT2D eigenvalue weighted by Gasteiger charge is -2.42. The van der Waals surface area contributed by atoms with E-state index in [1.54, 1.807) is 18.7 Å². The van der Waals surface area contributed by atoms with Crippen molar-refractivity contribution >= 4 is 41.2 Å². The maximum Gasteiger partial charge on any atom is 0.405 e. The molecule has 1 aliphatic heterocycles. The number of rotatable bonds is 7. The van der Waals surface area contributed by atoms with Crippen LogP contribution in [0.25, 0.3) is 10.9 Å². The van der Waals surface area contributed by atoms with Crippen LogP contribution >= 0.6 is 12.4 Å². The fourth-order valence-corrected chi connectivity index (χ4v) is 4.76. The summed E-state index contributed by atoms with van der Waals surface area (Å²) in [6, 6.07) is 16.4. The molecule has 1 fully saturated rings. The van der Waals surface area contributed by atoms with Crippen LogP contribution in [0.3, 0.4) is 0 Å². The highest BCUT2D eigenvalue weighted by atomic mass is 35.5. The van der Waals surface area contributed by atoms with Gasteiger partial charge in [0.15, 0.2) is 0 Å². The van der Waals surface area contributed by atoms with E-state index in [1.165, 1.54) is 0 Å². The van der Waals surface area contributed by atoms with Crippen molar-refractivity contribution in [3.63, 3.8) is 0 Å². The molecule has 1 aromatic heterocycles. The molecule has 0 unspecified atom stereocenters. The molecule has 2 heterocycles. The quantitative estimate of drug-likeness (QED) is 0.373. The van der Waals surface area contributed by atoms with Gasteiger partial charge in [-0.1, -0.05) is 48.5 Å². The lowest BCUT2D eigenvalue weighted by molar-refractivity contribution is -0.141. The number of ether oxygens (including phenoxy) is 1. The maximum absolute atomic E-state index is 13.7. The first-order chi connectivity index (χ1) is 17.1. The molecule has 3 amide bonds. The molecular weight excluding hydrogens is 494 g/mol. The maximum atomic E-state index is 13.7. The van der Waals surface area contributed by atoms with E-state index in [9.17, 15) is 14.4 Å². The monoisotopic (exact) mass is 527 g/mol. The molecule has 0 saturated carbocycles. The molecule has 9 nitrogen and oxygen atoms in total. The average molecular weight is 528 g/mol. The van der Waals surface area contributed by atoms with Crippen molar-refractivity contribution in [1.29, 1.82) is 0 Å². The molecule has 1 aliphatic rings. The van der Waals surface area contributed by atoms with Gasteiger partial charge < -0.3 is 31.4 Å². The molecule has 0 spiro atoms. The number of benzene rings is 2. The summed E-state index contributed by atoms with van der Waals surface area (Å²) in [4.78, 5) is 43.1. The number of piperidine rings is 1. The number of aromatic amines is 1. The van der Waals surface area contributed by atoms with Crippen molar-refractivity contribution < 1.29 is 19.1 Å². The second-order valence-electron chi connectivity index (χ2n) is 9.92. The van der Waals surface area contributed by atoms with Gasteiger partial charge in [0.05, 0.1) is 5.54 Å². The predicted molar refractivity (Wildman–Crippen MR) is 144 cm³/mol. The summed E-state index contributed by atoms with van der Waals surface area (Å²) >= 11 is 0. The third-order valence-corrected chi connectivity index (χ3v) is 6.77. The highest BCUT2D eigenvalue weighted by Gasteiger charge is 2.42.